The van der Waals surface area contributed by atoms with Crippen LogP contribution in [0.2, 0.25) is 0 Å². The molecule has 1 aliphatic rings. The van der Waals surface area contributed by atoms with Gasteiger partial charge in [-0.1, -0.05) is 13.0 Å². The van der Waals surface area contributed by atoms with Gasteiger partial charge in [0, 0.05) is 37.2 Å². The zero-order valence-corrected chi connectivity index (χ0v) is 11.4. The maximum atomic E-state index is 13.2. The minimum absolute atomic E-state index is 0.0295. The molecule has 2 nitrogen and oxygen atoms in total. The highest BCUT2D eigenvalue weighted by molar-refractivity contribution is 5.06. The van der Waals surface area contributed by atoms with Crippen LogP contribution < -0.4 is 5.32 Å². The molecule has 4 heteroatoms. The molecule has 0 radical (unpaired) electrons. The largest absolute Gasteiger partial charge is 0.314 e. The van der Waals surface area contributed by atoms with E-state index in [0.29, 0.717) is 18.8 Å². The molecule has 1 fully saturated rings. The zero-order valence-electron chi connectivity index (χ0n) is 11.4. The Labute approximate surface area is 113 Å². The van der Waals surface area contributed by atoms with E-state index in [-0.39, 0.29) is 18.9 Å². The van der Waals surface area contributed by atoms with E-state index in [2.05, 4.69) is 17.2 Å². The highest BCUT2D eigenvalue weighted by Gasteiger charge is 2.37. The number of rotatable bonds is 5. The summed E-state index contributed by atoms with van der Waals surface area (Å²) < 4.78 is 26.4. The smallest absolute Gasteiger partial charge is 0.248 e. The first-order valence-electron chi connectivity index (χ1n) is 7.12. The van der Waals surface area contributed by atoms with Crippen molar-refractivity contribution in [3.05, 3.63) is 30.1 Å². The lowest BCUT2D eigenvalue weighted by Gasteiger charge is -2.34. The van der Waals surface area contributed by atoms with E-state index < -0.39 is 5.92 Å². The second kappa shape index (κ2) is 6.42. The van der Waals surface area contributed by atoms with Crippen molar-refractivity contribution < 1.29 is 8.78 Å². The second-order valence-corrected chi connectivity index (χ2v) is 5.38. The van der Waals surface area contributed by atoms with Crippen LogP contribution in [0.15, 0.2) is 24.4 Å². The molecule has 1 aliphatic carbocycles. The van der Waals surface area contributed by atoms with Gasteiger partial charge in [0.15, 0.2) is 0 Å². The molecule has 0 amide bonds. The Bertz CT molecular complexity index is 371. The van der Waals surface area contributed by atoms with E-state index in [1.807, 2.05) is 18.2 Å². The highest BCUT2D eigenvalue weighted by Crippen LogP contribution is 2.37. The van der Waals surface area contributed by atoms with Crippen molar-refractivity contribution in [1.29, 1.82) is 0 Å². The van der Waals surface area contributed by atoms with Crippen molar-refractivity contribution in [3.8, 4) is 0 Å². The molecule has 0 bridgehead atoms. The minimum Gasteiger partial charge on any atom is -0.314 e. The van der Waals surface area contributed by atoms with Crippen LogP contribution in [-0.2, 0) is 6.42 Å². The lowest BCUT2D eigenvalue weighted by Crippen LogP contribution is -2.41. The summed E-state index contributed by atoms with van der Waals surface area (Å²) in [6.07, 6.45) is 3.89. The first kappa shape index (κ1) is 14.4. The lowest BCUT2D eigenvalue weighted by molar-refractivity contribution is -0.0495. The number of hydrogen-bond donors (Lipinski definition) is 1. The molecule has 1 unspecified atom stereocenters. The molecule has 1 aromatic heterocycles. The predicted molar refractivity (Wildman–Crippen MR) is 72.3 cm³/mol. The maximum Gasteiger partial charge on any atom is 0.248 e. The number of nitrogens with one attached hydrogen (secondary N) is 1. The third kappa shape index (κ3) is 4.23. The van der Waals surface area contributed by atoms with Crippen LogP contribution in [0.5, 0.6) is 0 Å². The molecule has 106 valence electrons. The third-order valence-corrected chi connectivity index (χ3v) is 3.95. The molecule has 0 saturated heterocycles. The monoisotopic (exact) mass is 268 g/mol. The van der Waals surface area contributed by atoms with Crippen LogP contribution in [0.3, 0.4) is 0 Å². The van der Waals surface area contributed by atoms with Crippen LogP contribution in [-0.4, -0.2) is 23.5 Å². The van der Waals surface area contributed by atoms with Crippen molar-refractivity contribution in [2.75, 3.05) is 6.54 Å². The number of likely N-dealkylation sites (N-methyl/N-ethyl adjacent to an activating group) is 1. The van der Waals surface area contributed by atoms with Gasteiger partial charge >= 0.3 is 0 Å². The van der Waals surface area contributed by atoms with Crippen molar-refractivity contribution in [2.24, 2.45) is 5.92 Å². The number of hydrogen-bond acceptors (Lipinski definition) is 2. The van der Waals surface area contributed by atoms with Gasteiger partial charge in [-0.15, -0.1) is 0 Å². The molecule has 1 saturated carbocycles. The fourth-order valence-electron chi connectivity index (χ4n) is 2.88. The predicted octanol–water partition coefficient (Wildman–Crippen LogP) is 3.43. The molecule has 1 atom stereocenters. The van der Waals surface area contributed by atoms with Crippen molar-refractivity contribution in [2.45, 2.75) is 51.0 Å². The van der Waals surface area contributed by atoms with E-state index in [1.54, 1.807) is 6.20 Å². The first-order valence-corrected chi connectivity index (χ1v) is 7.12. The zero-order chi connectivity index (χ0) is 13.7. The van der Waals surface area contributed by atoms with E-state index in [4.69, 9.17) is 0 Å². The van der Waals surface area contributed by atoms with Gasteiger partial charge < -0.3 is 5.32 Å². The number of pyridine rings is 1. The Kier molecular flexibility index (Phi) is 4.86. The summed E-state index contributed by atoms with van der Waals surface area (Å²) >= 11 is 0. The third-order valence-electron chi connectivity index (χ3n) is 3.95. The topological polar surface area (TPSA) is 24.9 Å². The highest BCUT2D eigenvalue weighted by atomic mass is 19.3. The molecule has 19 heavy (non-hydrogen) atoms. The molecular weight excluding hydrogens is 246 g/mol. The van der Waals surface area contributed by atoms with E-state index in [0.717, 1.165) is 18.7 Å². The summed E-state index contributed by atoms with van der Waals surface area (Å²) in [4.78, 5) is 4.34. The molecule has 1 aromatic rings. The van der Waals surface area contributed by atoms with Gasteiger partial charge in [0.1, 0.15) is 0 Å². The van der Waals surface area contributed by atoms with Crippen LogP contribution in [0, 0.1) is 5.92 Å². The summed E-state index contributed by atoms with van der Waals surface area (Å²) in [6, 6.07) is 6.13. The fraction of sp³-hybridized carbons (Fsp3) is 0.667. The van der Waals surface area contributed by atoms with Crippen LogP contribution >= 0.6 is 0 Å². The molecule has 1 heterocycles. The molecule has 0 spiro atoms. The Balaban J connectivity index is 1.96. The first-order chi connectivity index (χ1) is 9.11. The summed E-state index contributed by atoms with van der Waals surface area (Å²) in [7, 11) is 0. The molecule has 1 N–H and O–H groups in total. The summed E-state index contributed by atoms with van der Waals surface area (Å²) in [5, 5.41) is 3.44. The number of halogens is 2. The Morgan fingerprint density at radius 3 is 2.68 bits per heavy atom. The van der Waals surface area contributed by atoms with Gasteiger partial charge in [0.25, 0.3) is 0 Å². The summed E-state index contributed by atoms with van der Waals surface area (Å²) in [6.45, 7) is 2.92. The van der Waals surface area contributed by atoms with Gasteiger partial charge in [-0.2, -0.15) is 0 Å². The molecule has 0 aliphatic heterocycles. The number of aromatic nitrogens is 1. The van der Waals surface area contributed by atoms with Gasteiger partial charge in [0.2, 0.25) is 5.92 Å². The summed E-state index contributed by atoms with van der Waals surface area (Å²) in [5.41, 5.74) is 1.03. The maximum absolute atomic E-state index is 13.2. The summed E-state index contributed by atoms with van der Waals surface area (Å²) in [5.74, 6) is -2.11. The lowest BCUT2D eigenvalue weighted by atomic mass is 9.80. The van der Waals surface area contributed by atoms with E-state index >= 15 is 0 Å². The fourth-order valence-corrected chi connectivity index (χ4v) is 2.88. The van der Waals surface area contributed by atoms with Crippen molar-refractivity contribution >= 4 is 0 Å². The van der Waals surface area contributed by atoms with Crippen molar-refractivity contribution in [3.63, 3.8) is 0 Å². The van der Waals surface area contributed by atoms with Gasteiger partial charge in [-0.05, 0) is 37.4 Å². The minimum atomic E-state index is -2.45. The second-order valence-electron chi connectivity index (χ2n) is 5.38. The Morgan fingerprint density at radius 2 is 2.11 bits per heavy atom. The van der Waals surface area contributed by atoms with E-state index in [9.17, 15) is 8.78 Å². The average molecular weight is 268 g/mol. The van der Waals surface area contributed by atoms with E-state index in [1.165, 1.54) is 0 Å². The molecule has 0 aromatic carbocycles. The Morgan fingerprint density at radius 1 is 1.37 bits per heavy atom. The number of alkyl halides is 2. The normalized spacial score (nSPS) is 21.2. The van der Waals surface area contributed by atoms with Crippen molar-refractivity contribution in [1.82, 2.24) is 10.3 Å². The van der Waals surface area contributed by atoms with Crippen LogP contribution in [0.1, 0.15) is 38.3 Å². The number of nitrogens with zero attached hydrogens (tertiary/aromatic N) is 1. The Hall–Kier alpha value is -1.03. The van der Waals surface area contributed by atoms with Gasteiger partial charge in [0.05, 0.1) is 0 Å². The van der Waals surface area contributed by atoms with Crippen LogP contribution in [0.25, 0.3) is 0 Å². The van der Waals surface area contributed by atoms with Gasteiger partial charge in [-0.25, -0.2) is 8.78 Å². The standard InChI is InChI=1S/C15H22F2N2/c1-2-18-14(11-13-5-3-4-10-19-13)12-6-8-15(16,17)9-7-12/h3-5,10,12,14,18H,2,6-9,11H2,1H3. The quantitative estimate of drug-likeness (QED) is 0.885. The average Bonchev–Trinajstić information content (AvgIpc) is 2.39. The molecule has 2 rings (SSSR count). The SMILES string of the molecule is CCNC(Cc1ccccn1)C1CCC(F)(F)CC1. The van der Waals surface area contributed by atoms with Gasteiger partial charge in [-0.3, -0.25) is 4.98 Å². The molecular formula is C15H22F2N2. The van der Waals surface area contributed by atoms with Crippen LogP contribution in [0.4, 0.5) is 8.78 Å².